The maximum atomic E-state index is 12.7. The van der Waals surface area contributed by atoms with Gasteiger partial charge in [-0.1, -0.05) is 0 Å². The molecule has 7 heteroatoms. The van der Waals surface area contributed by atoms with Gasteiger partial charge in [-0.05, 0) is 26.4 Å². The number of aromatic nitrogens is 2. The van der Waals surface area contributed by atoms with Gasteiger partial charge < -0.3 is 19.3 Å². The topological polar surface area (TPSA) is 67.8 Å². The van der Waals surface area contributed by atoms with Crippen molar-refractivity contribution in [2.75, 3.05) is 40.3 Å². The molecule has 1 aromatic rings. The molecule has 0 saturated carbocycles. The van der Waals surface area contributed by atoms with Crippen molar-refractivity contribution < 1.29 is 14.3 Å². The van der Waals surface area contributed by atoms with Crippen LogP contribution in [0.4, 0.5) is 0 Å². The summed E-state index contributed by atoms with van der Waals surface area (Å²) in [5.41, 5.74) is 0. The molecule has 2 aliphatic rings. The molecule has 0 N–H and O–H groups in total. The van der Waals surface area contributed by atoms with Crippen LogP contribution in [0.5, 0.6) is 11.8 Å². The van der Waals surface area contributed by atoms with Crippen LogP contribution in [0.25, 0.3) is 0 Å². The summed E-state index contributed by atoms with van der Waals surface area (Å²) < 4.78 is 11.0. The molecule has 0 aliphatic carbocycles. The minimum atomic E-state index is -0.0501. The molecule has 1 amide bonds. The van der Waals surface area contributed by atoms with E-state index < -0.39 is 0 Å². The average molecular weight is 320 g/mol. The van der Waals surface area contributed by atoms with Crippen LogP contribution in [-0.2, 0) is 4.79 Å². The van der Waals surface area contributed by atoms with Crippen molar-refractivity contribution >= 4 is 5.91 Å². The lowest BCUT2D eigenvalue weighted by Crippen LogP contribution is -2.43. The average Bonchev–Trinajstić information content (AvgIpc) is 3.03. The van der Waals surface area contributed by atoms with Crippen molar-refractivity contribution in [3.8, 4) is 11.8 Å². The normalized spacial score (nSPS) is 25.4. The molecule has 2 aliphatic heterocycles. The van der Waals surface area contributed by atoms with Gasteiger partial charge in [0.2, 0.25) is 5.91 Å². The number of hydrogen-bond acceptors (Lipinski definition) is 6. The van der Waals surface area contributed by atoms with E-state index in [2.05, 4.69) is 21.9 Å². The fraction of sp³-hybridized carbons (Fsp3) is 0.688. The lowest BCUT2D eigenvalue weighted by Gasteiger charge is -2.31. The summed E-state index contributed by atoms with van der Waals surface area (Å²) >= 11 is 0. The molecule has 126 valence electrons. The first-order chi connectivity index (χ1) is 11.2. The molecule has 2 saturated heterocycles. The Balaban J connectivity index is 1.57. The third-order valence-corrected chi connectivity index (χ3v) is 4.54. The molecule has 0 radical (unpaired) electrons. The van der Waals surface area contributed by atoms with E-state index in [9.17, 15) is 4.79 Å². The van der Waals surface area contributed by atoms with Gasteiger partial charge >= 0.3 is 0 Å². The van der Waals surface area contributed by atoms with E-state index >= 15 is 0 Å². The Morgan fingerprint density at radius 3 is 2.70 bits per heavy atom. The molecule has 0 bridgehead atoms. The number of rotatable bonds is 4. The molecule has 1 aromatic heterocycles. The van der Waals surface area contributed by atoms with E-state index in [0.717, 1.165) is 38.9 Å². The van der Waals surface area contributed by atoms with Crippen LogP contribution in [0.1, 0.15) is 19.3 Å². The third-order valence-electron chi connectivity index (χ3n) is 4.54. The van der Waals surface area contributed by atoms with Crippen LogP contribution in [0, 0.1) is 5.92 Å². The zero-order valence-electron chi connectivity index (χ0n) is 13.8. The molecular weight excluding hydrogens is 296 g/mol. The molecule has 2 atom stereocenters. The number of carbonyl (C=O) groups is 1. The molecule has 23 heavy (non-hydrogen) atoms. The van der Waals surface area contributed by atoms with Crippen LogP contribution in [0.2, 0.25) is 0 Å². The Labute approximate surface area is 136 Å². The Hall–Kier alpha value is -1.89. The Kier molecular flexibility index (Phi) is 4.95. The first kappa shape index (κ1) is 16.0. The molecule has 0 aromatic carbocycles. The van der Waals surface area contributed by atoms with E-state index in [-0.39, 0.29) is 17.9 Å². The second-order valence-electron chi connectivity index (χ2n) is 6.28. The van der Waals surface area contributed by atoms with Gasteiger partial charge in [-0.15, -0.1) is 0 Å². The number of carbonyl (C=O) groups excluding carboxylic acids is 1. The molecule has 0 unspecified atom stereocenters. The summed E-state index contributed by atoms with van der Waals surface area (Å²) in [7, 11) is 3.62. The quantitative estimate of drug-likeness (QED) is 0.818. The van der Waals surface area contributed by atoms with Crippen LogP contribution >= 0.6 is 0 Å². The number of methoxy groups -OCH3 is 1. The summed E-state index contributed by atoms with van der Waals surface area (Å²) in [6.45, 7) is 3.30. The van der Waals surface area contributed by atoms with Crippen molar-refractivity contribution in [2.24, 2.45) is 5.92 Å². The van der Waals surface area contributed by atoms with Crippen LogP contribution < -0.4 is 9.47 Å². The van der Waals surface area contributed by atoms with Gasteiger partial charge in [-0.25, -0.2) is 9.97 Å². The maximum Gasteiger partial charge on any atom is 0.278 e. The number of piperidine rings is 1. The summed E-state index contributed by atoms with van der Waals surface area (Å²) in [5.74, 6) is 1.16. The first-order valence-electron chi connectivity index (χ1n) is 8.16. The predicted molar refractivity (Wildman–Crippen MR) is 84.4 cm³/mol. The Morgan fingerprint density at radius 1 is 1.17 bits per heavy atom. The lowest BCUT2D eigenvalue weighted by molar-refractivity contribution is -0.136. The summed E-state index contributed by atoms with van der Waals surface area (Å²) in [4.78, 5) is 25.1. The number of hydrogen-bond donors (Lipinski definition) is 0. The SMILES string of the molecule is COc1nccnc1O[C@H]1CCN(C(=O)[C@H]2CCCN(C)C2)C1. The molecule has 0 spiro atoms. The van der Waals surface area contributed by atoms with Crippen molar-refractivity contribution in [2.45, 2.75) is 25.4 Å². The van der Waals surface area contributed by atoms with Gasteiger partial charge in [-0.2, -0.15) is 0 Å². The maximum absolute atomic E-state index is 12.7. The van der Waals surface area contributed by atoms with E-state index in [4.69, 9.17) is 9.47 Å². The summed E-state index contributed by atoms with van der Waals surface area (Å²) in [6, 6.07) is 0. The van der Waals surface area contributed by atoms with E-state index in [0.29, 0.717) is 18.3 Å². The minimum absolute atomic E-state index is 0.0501. The molecule has 2 fully saturated rings. The highest BCUT2D eigenvalue weighted by Gasteiger charge is 2.33. The van der Waals surface area contributed by atoms with Crippen molar-refractivity contribution in [1.82, 2.24) is 19.8 Å². The fourth-order valence-electron chi connectivity index (χ4n) is 3.34. The van der Waals surface area contributed by atoms with Crippen molar-refractivity contribution in [3.63, 3.8) is 0 Å². The Morgan fingerprint density at radius 2 is 1.96 bits per heavy atom. The standard InChI is InChI=1S/C16H24N4O3/c1-19-8-3-4-12(10-19)16(21)20-9-5-13(11-20)23-15-14(22-2)17-6-7-18-15/h6-7,12-13H,3-5,8-11H2,1-2H3/t12-,13-/m0/s1. The molecular formula is C16H24N4O3. The Bertz CT molecular complexity index is 554. The van der Waals surface area contributed by atoms with Gasteiger partial charge in [0.05, 0.1) is 19.6 Å². The van der Waals surface area contributed by atoms with Crippen LogP contribution in [-0.4, -0.2) is 72.1 Å². The van der Waals surface area contributed by atoms with Crippen LogP contribution in [0.3, 0.4) is 0 Å². The predicted octanol–water partition coefficient (Wildman–Crippen LogP) is 0.807. The zero-order chi connectivity index (χ0) is 16.2. The van der Waals surface area contributed by atoms with Gasteiger partial charge in [0.25, 0.3) is 11.8 Å². The number of nitrogens with zero attached hydrogens (tertiary/aromatic N) is 4. The van der Waals surface area contributed by atoms with E-state index in [1.165, 1.54) is 0 Å². The highest BCUT2D eigenvalue weighted by molar-refractivity contribution is 5.79. The fourth-order valence-corrected chi connectivity index (χ4v) is 3.34. The van der Waals surface area contributed by atoms with Crippen molar-refractivity contribution in [1.29, 1.82) is 0 Å². The van der Waals surface area contributed by atoms with E-state index in [1.807, 2.05) is 4.90 Å². The highest BCUT2D eigenvalue weighted by atomic mass is 16.5. The minimum Gasteiger partial charge on any atom is -0.477 e. The smallest absolute Gasteiger partial charge is 0.278 e. The van der Waals surface area contributed by atoms with Gasteiger partial charge in [0.15, 0.2) is 0 Å². The monoisotopic (exact) mass is 320 g/mol. The lowest BCUT2D eigenvalue weighted by atomic mass is 9.97. The van der Waals surface area contributed by atoms with Gasteiger partial charge in [0.1, 0.15) is 6.10 Å². The second-order valence-corrected chi connectivity index (χ2v) is 6.28. The summed E-state index contributed by atoms with van der Waals surface area (Å²) in [6.07, 6.45) is 5.99. The molecule has 3 heterocycles. The van der Waals surface area contributed by atoms with Gasteiger partial charge in [-0.3, -0.25) is 4.79 Å². The number of amides is 1. The van der Waals surface area contributed by atoms with Gasteiger partial charge in [0, 0.05) is 31.9 Å². The molecule has 7 nitrogen and oxygen atoms in total. The highest BCUT2D eigenvalue weighted by Crippen LogP contribution is 2.25. The van der Waals surface area contributed by atoms with E-state index in [1.54, 1.807) is 19.5 Å². The van der Waals surface area contributed by atoms with Crippen molar-refractivity contribution in [3.05, 3.63) is 12.4 Å². The van der Waals surface area contributed by atoms with Crippen LogP contribution in [0.15, 0.2) is 12.4 Å². The first-order valence-corrected chi connectivity index (χ1v) is 8.16. The zero-order valence-corrected chi connectivity index (χ0v) is 13.8. The second kappa shape index (κ2) is 7.12. The third kappa shape index (κ3) is 3.72. The largest absolute Gasteiger partial charge is 0.477 e. The number of ether oxygens (including phenoxy) is 2. The molecule has 3 rings (SSSR count). The summed E-state index contributed by atoms with van der Waals surface area (Å²) in [5, 5.41) is 0. The number of likely N-dealkylation sites (tertiary alicyclic amines) is 2.